The van der Waals surface area contributed by atoms with Gasteiger partial charge >= 0.3 is 6.29 Å². The molecule has 2 aliphatic rings. The van der Waals surface area contributed by atoms with E-state index >= 15 is 0 Å². The number of ether oxygens (including phenoxy) is 1. The molecule has 2 aromatic carbocycles. The molecule has 11 heteroatoms. The maximum absolute atomic E-state index is 13.4. The van der Waals surface area contributed by atoms with E-state index in [4.69, 9.17) is 21.1 Å². The monoisotopic (exact) mass is 572 g/mol. The molecule has 0 aliphatic carbocycles. The van der Waals surface area contributed by atoms with Gasteiger partial charge in [-0.1, -0.05) is 23.7 Å². The summed E-state index contributed by atoms with van der Waals surface area (Å²) in [6, 6.07) is 13.5. The Labute approximate surface area is 236 Å². The quantitative estimate of drug-likeness (QED) is 0.293. The van der Waals surface area contributed by atoms with Crippen LogP contribution in [0.3, 0.4) is 0 Å². The number of H-pyrrole nitrogens is 1. The van der Waals surface area contributed by atoms with E-state index in [2.05, 4.69) is 28.9 Å². The van der Waals surface area contributed by atoms with Gasteiger partial charge in [-0.2, -0.15) is 5.10 Å². The molecule has 5 rings (SSSR count). The summed E-state index contributed by atoms with van der Waals surface area (Å²) in [6.07, 6.45) is 0.333. The van der Waals surface area contributed by atoms with Crippen molar-refractivity contribution in [1.82, 2.24) is 15.1 Å². The maximum atomic E-state index is 13.4. The van der Waals surface area contributed by atoms with Crippen LogP contribution in [0, 0.1) is 0 Å². The van der Waals surface area contributed by atoms with E-state index in [-0.39, 0.29) is 23.8 Å². The van der Waals surface area contributed by atoms with Crippen LogP contribution in [-0.4, -0.2) is 71.5 Å². The van der Waals surface area contributed by atoms with Crippen molar-refractivity contribution in [2.24, 2.45) is 0 Å². The first-order valence-electron chi connectivity index (χ1n) is 13.1. The Morgan fingerprint density at radius 3 is 2.38 bits per heavy atom. The van der Waals surface area contributed by atoms with Crippen molar-refractivity contribution in [1.29, 1.82) is 0 Å². The highest BCUT2D eigenvalue weighted by Crippen LogP contribution is 2.43. The summed E-state index contributed by atoms with van der Waals surface area (Å²) in [7, 11) is 0. The number of benzene rings is 2. The predicted octanol–water partition coefficient (Wildman–Crippen LogP) is 5.59. The van der Waals surface area contributed by atoms with Gasteiger partial charge in [-0.05, 0) is 61.7 Å². The molecule has 1 unspecified atom stereocenters. The Hall–Kier alpha value is -3.63. The summed E-state index contributed by atoms with van der Waals surface area (Å²) in [4.78, 5) is 38.9. The number of ketones is 1. The normalized spacial score (nSPS) is 16.4. The second-order valence-corrected chi connectivity index (χ2v) is 10.4. The summed E-state index contributed by atoms with van der Waals surface area (Å²) in [5, 5.41) is 7.89. The van der Waals surface area contributed by atoms with Crippen molar-refractivity contribution in [2.75, 3.05) is 31.2 Å². The fraction of sp³-hybridized carbons (Fsp3) is 0.379. The van der Waals surface area contributed by atoms with E-state index in [1.54, 1.807) is 18.3 Å². The van der Waals surface area contributed by atoms with Crippen molar-refractivity contribution >= 4 is 35.3 Å². The number of hydrogen-bond acceptors (Lipinski definition) is 6. The molecular weight excluding hydrogens is 542 g/mol. The summed E-state index contributed by atoms with van der Waals surface area (Å²) < 4.78 is 24.8. The van der Waals surface area contributed by atoms with Crippen LogP contribution < -0.4 is 4.90 Å². The second-order valence-electron chi connectivity index (χ2n) is 10.0. The number of carbonyl (C=O) groups is 3. The number of fused-ring (bicyclic) bond motifs is 1. The minimum atomic E-state index is -2.83. The lowest BCUT2D eigenvalue weighted by atomic mass is 9.95. The Morgan fingerprint density at radius 1 is 1.10 bits per heavy atom. The lowest BCUT2D eigenvalue weighted by Gasteiger charge is -2.34. The van der Waals surface area contributed by atoms with E-state index in [0.29, 0.717) is 56.2 Å². The van der Waals surface area contributed by atoms with E-state index in [1.807, 2.05) is 35.2 Å². The molecule has 2 aliphatic heterocycles. The highest BCUT2D eigenvalue weighted by molar-refractivity contribution is 6.30. The first kappa shape index (κ1) is 29.4. The minimum absolute atomic E-state index is 0.0265. The van der Waals surface area contributed by atoms with Crippen LogP contribution >= 0.6 is 11.6 Å². The largest absolute Gasteiger partial charge is 0.483 e. The van der Waals surface area contributed by atoms with E-state index < -0.39 is 6.29 Å². The summed E-state index contributed by atoms with van der Waals surface area (Å²) in [6.45, 7) is 6.77. The number of nitrogens with one attached hydrogen (secondary N) is 1. The van der Waals surface area contributed by atoms with Gasteiger partial charge in [0.1, 0.15) is 0 Å². The number of aromatic nitrogens is 2. The first-order valence-corrected chi connectivity index (χ1v) is 13.4. The van der Waals surface area contributed by atoms with Crippen LogP contribution in [0.2, 0.25) is 5.02 Å². The van der Waals surface area contributed by atoms with Crippen molar-refractivity contribution in [3.05, 3.63) is 70.4 Å². The van der Waals surface area contributed by atoms with E-state index in [0.717, 1.165) is 28.1 Å². The molecule has 0 bridgehead atoms. The van der Waals surface area contributed by atoms with Gasteiger partial charge in [-0.15, -0.1) is 8.78 Å². The molecule has 1 saturated heterocycles. The van der Waals surface area contributed by atoms with Crippen LogP contribution in [0.4, 0.5) is 19.3 Å². The van der Waals surface area contributed by atoms with E-state index in [9.17, 15) is 18.4 Å². The van der Waals surface area contributed by atoms with Gasteiger partial charge in [0.2, 0.25) is 5.91 Å². The second kappa shape index (κ2) is 13.1. The van der Waals surface area contributed by atoms with Gasteiger partial charge in [0.25, 0.3) is 0 Å². The molecule has 1 amide bonds. The molecule has 8 nitrogen and oxygen atoms in total. The average Bonchev–Trinajstić information content (AvgIpc) is 3.58. The number of morpholine rings is 1. The molecule has 0 spiro atoms. The SMILES string of the molecule is CC(C)N1c2c(cc(C(=O)Cc3ccc(Cl)cc3)cc2-c2ccn[nH]2)CC1CC(=O)N1CCOCC1.O=C(F)F. The van der Waals surface area contributed by atoms with Gasteiger partial charge in [-0.25, -0.2) is 4.79 Å². The molecule has 40 heavy (non-hydrogen) atoms. The zero-order chi connectivity index (χ0) is 28.8. The Bertz CT molecular complexity index is 1340. The van der Waals surface area contributed by atoms with E-state index in [1.165, 1.54) is 0 Å². The molecular formula is C29H31ClF2N4O4. The molecule has 1 atom stereocenters. The Morgan fingerprint density at radius 2 is 1.77 bits per heavy atom. The number of halogens is 3. The van der Waals surface area contributed by atoms with Gasteiger partial charge in [0, 0.05) is 66.0 Å². The topological polar surface area (TPSA) is 95.6 Å². The highest BCUT2D eigenvalue weighted by atomic mass is 35.5. The first-order chi connectivity index (χ1) is 19.1. The van der Waals surface area contributed by atoms with Crippen LogP contribution in [0.5, 0.6) is 0 Å². The number of nitrogens with zero attached hydrogens (tertiary/aromatic N) is 3. The number of anilines is 1. The van der Waals surface area contributed by atoms with Gasteiger partial charge in [0.15, 0.2) is 5.78 Å². The number of amides is 1. The maximum Gasteiger partial charge on any atom is 0.483 e. The fourth-order valence-corrected chi connectivity index (χ4v) is 5.47. The number of carbonyl (C=O) groups excluding carboxylic acids is 3. The summed E-state index contributed by atoms with van der Waals surface area (Å²) in [5.41, 5.74) is 5.56. The standard InChI is InChI=1S/C28H31ClN4O3.CF2O/c1-18(2)33-23(17-27(35)32-9-11-36-12-10-32)15-21-14-20(16-24(28(21)33)25-7-8-30-31-25)26(34)13-19-3-5-22(29)6-4-19;2-1(3)4/h3-8,14,16,18,23H,9-13,15,17H2,1-2H3,(H,30,31);. The lowest BCUT2D eigenvalue weighted by molar-refractivity contribution is -0.135. The van der Waals surface area contributed by atoms with Crippen LogP contribution in [0.25, 0.3) is 11.3 Å². The molecule has 0 saturated carbocycles. The molecule has 1 N–H and O–H groups in total. The van der Waals surface area contributed by atoms with Gasteiger partial charge in [-0.3, -0.25) is 14.7 Å². The Balaban J connectivity index is 0.000000867. The van der Waals surface area contributed by atoms with Crippen molar-refractivity contribution in [2.45, 2.75) is 45.2 Å². The molecule has 0 radical (unpaired) electrons. The third kappa shape index (κ3) is 7.11. The number of aromatic amines is 1. The van der Waals surface area contributed by atoms with Crippen molar-refractivity contribution < 1.29 is 27.9 Å². The minimum Gasteiger partial charge on any atom is -0.378 e. The molecule has 1 fully saturated rings. The smallest absolute Gasteiger partial charge is 0.378 e. The molecule has 3 heterocycles. The van der Waals surface area contributed by atoms with Crippen molar-refractivity contribution in [3.63, 3.8) is 0 Å². The predicted molar refractivity (Wildman–Crippen MR) is 148 cm³/mol. The van der Waals surface area contributed by atoms with Crippen molar-refractivity contribution in [3.8, 4) is 11.3 Å². The molecule has 212 valence electrons. The number of hydrogen-bond donors (Lipinski definition) is 1. The average molecular weight is 573 g/mol. The Kier molecular flexibility index (Phi) is 9.65. The third-order valence-electron chi connectivity index (χ3n) is 7.02. The van der Waals surface area contributed by atoms with Crippen LogP contribution in [0.1, 0.15) is 41.8 Å². The van der Waals surface area contributed by atoms with Crippen LogP contribution in [0.15, 0.2) is 48.7 Å². The highest BCUT2D eigenvalue weighted by Gasteiger charge is 2.36. The molecule has 1 aromatic heterocycles. The zero-order valence-corrected chi connectivity index (χ0v) is 23.1. The number of Topliss-reactive ketones (excluding diaryl/α,β-unsaturated/α-hetero) is 1. The van der Waals surface area contributed by atoms with Crippen LogP contribution in [-0.2, 0) is 22.4 Å². The van der Waals surface area contributed by atoms with Gasteiger partial charge < -0.3 is 14.5 Å². The molecule has 3 aromatic rings. The zero-order valence-electron chi connectivity index (χ0n) is 22.3. The summed E-state index contributed by atoms with van der Waals surface area (Å²) >= 11 is 6.01. The summed E-state index contributed by atoms with van der Waals surface area (Å²) in [5.74, 6) is 0.203. The third-order valence-corrected chi connectivity index (χ3v) is 7.27. The van der Waals surface area contributed by atoms with Gasteiger partial charge in [0.05, 0.1) is 18.9 Å². The fourth-order valence-electron chi connectivity index (χ4n) is 5.35. The number of rotatable bonds is 7. The lowest BCUT2D eigenvalue weighted by Crippen LogP contribution is -2.45.